The van der Waals surface area contributed by atoms with Crippen molar-refractivity contribution in [1.82, 2.24) is 4.90 Å². The average Bonchev–Trinajstić information content (AvgIpc) is 2.14. The van der Waals surface area contributed by atoms with E-state index in [4.69, 9.17) is 0 Å². The van der Waals surface area contributed by atoms with E-state index in [2.05, 4.69) is 45.7 Å². The Morgan fingerprint density at radius 1 is 1.31 bits per heavy atom. The Kier molecular flexibility index (Phi) is 3.98. The first-order chi connectivity index (χ1) is 7.29. The van der Waals surface area contributed by atoms with Gasteiger partial charge in [-0.25, -0.2) is 0 Å². The van der Waals surface area contributed by atoms with Crippen LogP contribution in [0.1, 0.15) is 39.3 Å². The molecule has 2 heteroatoms. The van der Waals surface area contributed by atoms with Crippen molar-refractivity contribution in [3.05, 3.63) is 29.8 Å². The predicted molar refractivity (Wildman–Crippen MR) is 68.6 cm³/mol. The van der Waals surface area contributed by atoms with Crippen molar-refractivity contribution in [2.45, 2.75) is 33.7 Å². The zero-order valence-corrected chi connectivity index (χ0v) is 11.0. The summed E-state index contributed by atoms with van der Waals surface area (Å²) >= 11 is 0. The van der Waals surface area contributed by atoms with E-state index < -0.39 is 0 Å². The number of hydrogen-bond acceptors (Lipinski definition) is 2. The smallest absolute Gasteiger partial charge is 0.115 e. The van der Waals surface area contributed by atoms with Crippen LogP contribution < -0.4 is 0 Å². The fourth-order valence-corrected chi connectivity index (χ4v) is 1.92. The standard InChI is InChI=1S/C14H23NO/c1-11(15(5)10-14(2,3)4)12-7-6-8-13(16)9-12/h6-9,11,16H,10H2,1-5H3. The lowest BCUT2D eigenvalue weighted by Gasteiger charge is -2.31. The molecule has 0 aromatic heterocycles. The van der Waals surface area contributed by atoms with Gasteiger partial charge >= 0.3 is 0 Å². The molecular formula is C14H23NO. The average molecular weight is 221 g/mol. The third-order valence-electron chi connectivity index (χ3n) is 2.74. The fourth-order valence-electron chi connectivity index (χ4n) is 1.92. The molecule has 0 radical (unpaired) electrons. The normalized spacial score (nSPS) is 14.1. The van der Waals surface area contributed by atoms with E-state index in [1.54, 1.807) is 6.07 Å². The van der Waals surface area contributed by atoms with Crippen molar-refractivity contribution in [2.24, 2.45) is 5.41 Å². The van der Waals surface area contributed by atoms with Crippen molar-refractivity contribution < 1.29 is 5.11 Å². The van der Waals surface area contributed by atoms with Crippen molar-refractivity contribution in [2.75, 3.05) is 13.6 Å². The van der Waals surface area contributed by atoms with Crippen LogP contribution in [0.3, 0.4) is 0 Å². The molecule has 1 rings (SSSR count). The first-order valence-electron chi connectivity index (χ1n) is 5.79. The first-order valence-corrected chi connectivity index (χ1v) is 5.79. The first kappa shape index (κ1) is 13.0. The summed E-state index contributed by atoms with van der Waals surface area (Å²) in [6.45, 7) is 9.90. The van der Waals surface area contributed by atoms with Gasteiger partial charge in [-0.2, -0.15) is 0 Å². The molecule has 0 heterocycles. The minimum absolute atomic E-state index is 0.292. The second-order valence-corrected chi connectivity index (χ2v) is 5.75. The highest BCUT2D eigenvalue weighted by atomic mass is 16.3. The van der Waals surface area contributed by atoms with Crippen LogP contribution in [0.4, 0.5) is 0 Å². The number of hydrogen-bond donors (Lipinski definition) is 1. The monoisotopic (exact) mass is 221 g/mol. The van der Waals surface area contributed by atoms with Gasteiger partial charge in [0, 0.05) is 12.6 Å². The highest BCUT2D eigenvalue weighted by Gasteiger charge is 2.18. The maximum atomic E-state index is 9.46. The predicted octanol–water partition coefficient (Wildman–Crippen LogP) is 3.43. The molecule has 0 spiro atoms. The molecule has 16 heavy (non-hydrogen) atoms. The summed E-state index contributed by atoms with van der Waals surface area (Å²) in [4.78, 5) is 2.31. The van der Waals surface area contributed by atoms with Gasteiger partial charge < -0.3 is 5.11 Å². The molecular weight excluding hydrogens is 198 g/mol. The molecule has 1 atom stereocenters. The fraction of sp³-hybridized carbons (Fsp3) is 0.571. The Bertz CT molecular complexity index is 341. The highest BCUT2D eigenvalue weighted by Crippen LogP contribution is 2.25. The van der Waals surface area contributed by atoms with Gasteiger partial charge in [-0.15, -0.1) is 0 Å². The molecule has 90 valence electrons. The van der Waals surface area contributed by atoms with Crippen LogP contribution in [0.2, 0.25) is 0 Å². The van der Waals surface area contributed by atoms with Crippen molar-refractivity contribution in [3.63, 3.8) is 0 Å². The highest BCUT2D eigenvalue weighted by molar-refractivity contribution is 5.29. The number of benzene rings is 1. The lowest BCUT2D eigenvalue weighted by Crippen LogP contribution is -2.31. The largest absolute Gasteiger partial charge is 0.508 e. The second kappa shape index (κ2) is 4.88. The summed E-state index contributed by atoms with van der Waals surface area (Å²) in [6, 6.07) is 7.82. The van der Waals surface area contributed by atoms with Crippen LogP contribution in [-0.4, -0.2) is 23.6 Å². The van der Waals surface area contributed by atoms with Crippen LogP contribution in [0, 0.1) is 5.41 Å². The molecule has 1 aromatic carbocycles. The number of nitrogens with zero attached hydrogens (tertiary/aromatic N) is 1. The molecule has 0 aliphatic rings. The molecule has 0 saturated carbocycles. The molecule has 0 bridgehead atoms. The summed E-state index contributed by atoms with van der Waals surface area (Å²) in [6.07, 6.45) is 0. The van der Waals surface area contributed by atoms with Gasteiger partial charge in [-0.3, -0.25) is 4.90 Å². The molecule has 1 N–H and O–H groups in total. The van der Waals surface area contributed by atoms with Gasteiger partial charge in [0.2, 0.25) is 0 Å². The van der Waals surface area contributed by atoms with E-state index >= 15 is 0 Å². The number of phenolic OH excluding ortho intramolecular Hbond substituents is 1. The summed E-state index contributed by atoms with van der Waals surface area (Å²) < 4.78 is 0. The maximum absolute atomic E-state index is 9.46. The van der Waals surface area contributed by atoms with Crippen molar-refractivity contribution >= 4 is 0 Å². The maximum Gasteiger partial charge on any atom is 0.115 e. The lowest BCUT2D eigenvalue weighted by molar-refractivity contribution is 0.182. The van der Waals surface area contributed by atoms with Gasteiger partial charge in [0.05, 0.1) is 0 Å². The Hall–Kier alpha value is -1.02. The van der Waals surface area contributed by atoms with Crippen molar-refractivity contribution in [1.29, 1.82) is 0 Å². The Morgan fingerprint density at radius 3 is 2.44 bits per heavy atom. The SMILES string of the molecule is CC(c1cccc(O)c1)N(C)CC(C)(C)C. The summed E-state index contributed by atoms with van der Waals surface area (Å²) in [7, 11) is 2.12. The Morgan fingerprint density at radius 2 is 1.94 bits per heavy atom. The number of phenols is 1. The van der Waals surface area contributed by atoms with Crippen LogP contribution in [-0.2, 0) is 0 Å². The lowest BCUT2D eigenvalue weighted by atomic mass is 9.95. The van der Waals surface area contributed by atoms with Gasteiger partial charge in [-0.1, -0.05) is 32.9 Å². The molecule has 0 aliphatic carbocycles. The van der Waals surface area contributed by atoms with Gasteiger partial charge in [0.1, 0.15) is 5.75 Å². The van der Waals surface area contributed by atoms with Crippen LogP contribution in [0.5, 0.6) is 5.75 Å². The van der Waals surface area contributed by atoms with E-state index in [9.17, 15) is 5.11 Å². The Balaban J connectivity index is 2.74. The quantitative estimate of drug-likeness (QED) is 0.845. The molecule has 0 fully saturated rings. The zero-order valence-electron chi connectivity index (χ0n) is 11.0. The minimum atomic E-state index is 0.292. The van der Waals surface area contributed by atoms with E-state index in [0.717, 1.165) is 12.1 Å². The molecule has 1 aromatic rings. The molecule has 0 amide bonds. The van der Waals surface area contributed by atoms with E-state index in [1.165, 1.54) is 0 Å². The third kappa shape index (κ3) is 3.86. The van der Waals surface area contributed by atoms with Crippen molar-refractivity contribution in [3.8, 4) is 5.75 Å². The topological polar surface area (TPSA) is 23.5 Å². The number of aromatic hydroxyl groups is 1. The summed E-state index contributed by atoms with van der Waals surface area (Å²) in [5, 5.41) is 9.46. The van der Waals surface area contributed by atoms with E-state index in [-0.39, 0.29) is 0 Å². The summed E-state index contributed by atoms with van der Waals surface area (Å²) in [5.74, 6) is 0.341. The molecule has 2 nitrogen and oxygen atoms in total. The third-order valence-corrected chi connectivity index (χ3v) is 2.74. The van der Waals surface area contributed by atoms with E-state index in [1.807, 2.05) is 12.1 Å². The second-order valence-electron chi connectivity index (χ2n) is 5.75. The van der Waals surface area contributed by atoms with Gasteiger partial charge in [0.25, 0.3) is 0 Å². The molecule has 0 saturated heterocycles. The summed E-state index contributed by atoms with van der Waals surface area (Å²) in [5.41, 5.74) is 1.45. The van der Waals surface area contributed by atoms with E-state index in [0.29, 0.717) is 17.2 Å². The number of rotatable bonds is 3. The molecule has 1 unspecified atom stereocenters. The zero-order chi connectivity index (χ0) is 12.3. The van der Waals surface area contributed by atoms with Gasteiger partial charge in [0.15, 0.2) is 0 Å². The van der Waals surface area contributed by atoms with Gasteiger partial charge in [-0.05, 0) is 37.1 Å². The van der Waals surface area contributed by atoms with Crippen LogP contribution >= 0.6 is 0 Å². The molecule has 0 aliphatic heterocycles. The van der Waals surface area contributed by atoms with Crippen LogP contribution in [0.15, 0.2) is 24.3 Å². The van der Waals surface area contributed by atoms with Crippen LogP contribution in [0.25, 0.3) is 0 Å². The minimum Gasteiger partial charge on any atom is -0.508 e. The Labute approximate surface area is 98.9 Å².